The van der Waals surface area contributed by atoms with Gasteiger partial charge in [-0.3, -0.25) is 9.78 Å². The first kappa shape index (κ1) is 11.3. The van der Waals surface area contributed by atoms with Crippen molar-refractivity contribution in [3.8, 4) is 12.3 Å². The molecule has 1 unspecified atom stereocenters. The average molecular weight is 202 g/mol. The minimum Gasteiger partial charge on any atom is -0.352 e. The Kier molecular flexibility index (Phi) is 4.36. The lowest BCUT2D eigenvalue weighted by Crippen LogP contribution is -2.33. The van der Waals surface area contributed by atoms with Crippen LogP contribution in [0.25, 0.3) is 0 Å². The van der Waals surface area contributed by atoms with Crippen molar-refractivity contribution in [2.45, 2.75) is 25.8 Å². The molecule has 0 fully saturated rings. The maximum absolute atomic E-state index is 11.5. The molecule has 0 aliphatic heterocycles. The summed E-state index contributed by atoms with van der Waals surface area (Å²) < 4.78 is 0. The van der Waals surface area contributed by atoms with Crippen LogP contribution in [0.4, 0.5) is 0 Å². The number of hydrogen-bond donors (Lipinski definition) is 1. The Labute approximate surface area is 89.9 Å². The van der Waals surface area contributed by atoms with E-state index in [0.717, 1.165) is 5.56 Å². The van der Waals surface area contributed by atoms with Crippen LogP contribution >= 0.6 is 0 Å². The Balaban J connectivity index is 2.41. The molecule has 0 aliphatic rings. The third-order valence-electron chi connectivity index (χ3n) is 1.92. The van der Waals surface area contributed by atoms with Gasteiger partial charge in [0.05, 0.1) is 6.42 Å². The van der Waals surface area contributed by atoms with Crippen LogP contribution in [0.3, 0.4) is 0 Å². The summed E-state index contributed by atoms with van der Waals surface area (Å²) in [6.45, 7) is 1.89. The molecule has 0 saturated carbocycles. The molecule has 78 valence electrons. The summed E-state index contributed by atoms with van der Waals surface area (Å²) >= 11 is 0. The van der Waals surface area contributed by atoms with Gasteiger partial charge in [0.2, 0.25) is 5.91 Å². The van der Waals surface area contributed by atoms with E-state index in [2.05, 4.69) is 16.2 Å². The smallest absolute Gasteiger partial charge is 0.224 e. The SMILES string of the molecule is C#CCC(C)NC(=O)Cc1cccnc1. The maximum Gasteiger partial charge on any atom is 0.224 e. The summed E-state index contributed by atoms with van der Waals surface area (Å²) in [6, 6.07) is 3.71. The Bertz CT molecular complexity index is 354. The van der Waals surface area contributed by atoms with Crippen LogP contribution in [-0.2, 0) is 11.2 Å². The van der Waals surface area contributed by atoms with Crippen LogP contribution in [0.15, 0.2) is 24.5 Å². The molecule has 3 nitrogen and oxygen atoms in total. The van der Waals surface area contributed by atoms with Crippen molar-refractivity contribution >= 4 is 5.91 Å². The van der Waals surface area contributed by atoms with Crippen LogP contribution in [0.2, 0.25) is 0 Å². The third-order valence-corrected chi connectivity index (χ3v) is 1.92. The zero-order valence-electron chi connectivity index (χ0n) is 8.73. The standard InChI is InChI=1S/C12H14N2O/c1-3-5-10(2)14-12(15)8-11-6-4-7-13-9-11/h1,4,6-7,9-10H,5,8H2,2H3,(H,14,15). The fourth-order valence-electron chi connectivity index (χ4n) is 1.24. The normalized spacial score (nSPS) is 11.5. The summed E-state index contributed by atoms with van der Waals surface area (Å²) in [6.07, 6.45) is 9.42. The van der Waals surface area contributed by atoms with Crippen LogP contribution in [-0.4, -0.2) is 16.9 Å². The van der Waals surface area contributed by atoms with E-state index in [1.54, 1.807) is 12.4 Å². The number of carbonyl (C=O) groups is 1. The van der Waals surface area contributed by atoms with Crippen molar-refractivity contribution in [1.82, 2.24) is 10.3 Å². The molecular weight excluding hydrogens is 188 g/mol. The Morgan fingerprint density at radius 1 is 1.73 bits per heavy atom. The first-order chi connectivity index (χ1) is 7.22. The van der Waals surface area contributed by atoms with Gasteiger partial charge in [0.25, 0.3) is 0 Å². The molecule has 1 N–H and O–H groups in total. The predicted molar refractivity (Wildman–Crippen MR) is 59.0 cm³/mol. The molecule has 0 bridgehead atoms. The first-order valence-corrected chi connectivity index (χ1v) is 4.84. The lowest BCUT2D eigenvalue weighted by atomic mass is 10.2. The molecule has 1 aromatic heterocycles. The lowest BCUT2D eigenvalue weighted by molar-refractivity contribution is -0.121. The molecule has 15 heavy (non-hydrogen) atoms. The van der Waals surface area contributed by atoms with Crippen molar-refractivity contribution in [3.05, 3.63) is 30.1 Å². The van der Waals surface area contributed by atoms with Crippen molar-refractivity contribution in [2.24, 2.45) is 0 Å². The molecule has 1 atom stereocenters. The highest BCUT2D eigenvalue weighted by molar-refractivity contribution is 5.78. The largest absolute Gasteiger partial charge is 0.352 e. The van der Waals surface area contributed by atoms with Gasteiger partial charge in [-0.2, -0.15) is 0 Å². The first-order valence-electron chi connectivity index (χ1n) is 4.84. The number of nitrogens with zero attached hydrogens (tertiary/aromatic N) is 1. The Morgan fingerprint density at radius 2 is 2.53 bits per heavy atom. The number of terminal acetylenes is 1. The molecule has 0 aromatic carbocycles. The lowest BCUT2D eigenvalue weighted by Gasteiger charge is -2.10. The van der Waals surface area contributed by atoms with E-state index in [0.29, 0.717) is 12.8 Å². The fraction of sp³-hybridized carbons (Fsp3) is 0.333. The number of aromatic nitrogens is 1. The van der Waals surface area contributed by atoms with Gasteiger partial charge in [0, 0.05) is 24.9 Å². The van der Waals surface area contributed by atoms with Crippen LogP contribution in [0.1, 0.15) is 18.9 Å². The van der Waals surface area contributed by atoms with Gasteiger partial charge >= 0.3 is 0 Å². The highest BCUT2D eigenvalue weighted by atomic mass is 16.1. The molecule has 1 aromatic rings. The van der Waals surface area contributed by atoms with E-state index in [1.165, 1.54) is 0 Å². The summed E-state index contributed by atoms with van der Waals surface area (Å²) in [7, 11) is 0. The number of carbonyl (C=O) groups excluding carboxylic acids is 1. The monoisotopic (exact) mass is 202 g/mol. The van der Waals surface area contributed by atoms with Crippen LogP contribution < -0.4 is 5.32 Å². The van der Waals surface area contributed by atoms with Gasteiger partial charge in [-0.15, -0.1) is 12.3 Å². The quantitative estimate of drug-likeness (QED) is 0.744. The second-order valence-corrected chi connectivity index (χ2v) is 3.41. The number of nitrogens with one attached hydrogen (secondary N) is 1. The number of pyridine rings is 1. The number of amides is 1. The van der Waals surface area contributed by atoms with Crippen molar-refractivity contribution < 1.29 is 4.79 Å². The van der Waals surface area contributed by atoms with Gasteiger partial charge in [-0.05, 0) is 18.6 Å². The van der Waals surface area contributed by atoms with Crippen LogP contribution in [0, 0.1) is 12.3 Å². The Morgan fingerprint density at radius 3 is 3.13 bits per heavy atom. The summed E-state index contributed by atoms with van der Waals surface area (Å²) in [5.41, 5.74) is 0.905. The highest BCUT2D eigenvalue weighted by Crippen LogP contribution is 1.97. The molecule has 1 heterocycles. The predicted octanol–water partition coefficient (Wildman–Crippen LogP) is 1.15. The third kappa shape index (κ3) is 4.28. The van der Waals surface area contributed by atoms with E-state index < -0.39 is 0 Å². The second kappa shape index (κ2) is 5.82. The van der Waals surface area contributed by atoms with Crippen LogP contribution in [0.5, 0.6) is 0 Å². The molecule has 0 spiro atoms. The zero-order chi connectivity index (χ0) is 11.1. The molecule has 0 aliphatic carbocycles. The van der Waals surface area contributed by atoms with E-state index in [9.17, 15) is 4.79 Å². The minimum atomic E-state index is -0.0225. The summed E-state index contributed by atoms with van der Waals surface area (Å²) in [5.74, 6) is 2.49. The van der Waals surface area contributed by atoms with E-state index in [4.69, 9.17) is 6.42 Å². The molecule has 1 amide bonds. The van der Waals surface area contributed by atoms with Gasteiger partial charge in [-0.25, -0.2) is 0 Å². The van der Waals surface area contributed by atoms with E-state index in [1.807, 2.05) is 19.1 Å². The average Bonchev–Trinajstić information content (AvgIpc) is 2.19. The van der Waals surface area contributed by atoms with Crippen molar-refractivity contribution in [2.75, 3.05) is 0 Å². The van der Waals surface area contributed by atoms with Gasteiger partial charge in [0.1, 0.15) is 0 Å². The number of rotatable bonds is 4. The van der Waals surface area contributed by atoms with Gasteiger partial charge in [-0.1, -0.05) is 6.07 Å². The van der Waals surface area contributed by atoms with Gasteiger partial charge < -0.3 is 5.32 Å². The summed E-state index contributed by atoms with van der Waals surface area (Å²) in [5, 5.41) is 2.82. The molecule has 0 radical (unpaired) electrons. The number of hydrogen-bond acceptors (Lipinski definition) is 2. The molecular formula is C12H14N2O. The van der Waals surface area contributed by atoms with Crippen molar-refractivity contribution in [3.63, 3.8) is 0 Å². The minimum absolute atomic E-state index is 0.0225. The maximum atomic E-state index is 11.5. The fourth-order valence-corrected chi connectivity index (χ4v) is 1.24. The van der Waals surface area contributed by atoms with E-state index >= 15 is 0 Å². The zero-order valence-corrected chi connectivity index (χ0v) is 8.73. The molecule has 0 saturated heterocycles. The van der Waals surface area contributed by atoms with Gasteiger partial charge in [0.15, 0.2) is 0 Å². The summed E-state index contributed by atoms with van der Waals surface area (Å²) in [4.78, 5) is 15.4. The highest BCUT2D eigenvalue weighted by Gasteiger charge is 2.06. The van der Waals surface area contributed by atoms with Crippen molar-refractivity contribution in [1.29, 1.82) is 0 Å². The topological polar surface area (TPSA) is 42.0 Å². The molecule has 3 heteroatoms. The Hall–Kier alpha value is -1.82. The van der Waals surface area contributed by atoms with E-state index in [-0.39, 0.29) is 11.9 Å². The second-order valence-electron chi connectivity index (χ2n) is 3.41. The molecule has 1 rings (SSSR count).